The highest BCUT2D eigenvalue weighted by Crippen LogP contribution is 2.45. The Kier molecular flexibility index (Phi) is 3.71. The molecule has 6 heteroatoms. The first kappa shape index (κ1) is 16.9. The van der Waals surface area contributed by atoms with Gasteiger partial charge in [-0.25, -0.2) is 0 Å². The third-order valence-corrected chi connectivity index (χ3v) is 4.74. The van der Waals surface area contributed by atoms with Crippen LogP contribution < -0.4 is 25.4 Å². The van der Waals surface area contributed by atoms with Crippen LogP contribution in [0, 0.1) is 0 Å². The summed E-state index contributed by atoms with van der Waals surface area (Å²) < 4.78 is 10.7. The smallest absolute Gasteiger partial charge is 0.250 e. The van der Waals surface area contributed by atoms with Gasteiger partial charge in [-0.3, -0.25) is 4.79 Å². The fourth-order valence-electron chi connectivity index (χ4n) is 4.47. The third-order valence-electron chi connectivity index (χ3n) is 4.74. The SMILES string of the molecule is COc1cc2c(cc1OC)NC1(CC(C)(C)NC(C)(C)C1)C(=O)N2. The Morgan fingerprint density at radius 1 is 0.917 bits per heavy atom. The number of amides is 1. The largest absolute Gasteiger partial charge is 0.493 e. The molecule has 3 rings (SSSR count). The van der Waals surface area contributed by atoms with Gasteiger partial charge in [0.25, 0.3) is 0 Å². The number of benzene rings is 1. The van der Waals surface area contributed by atoms with E-state index >= 15 is 0 Å². The highest BCUT2D eigenvalue weighted by atomic mass is 16.5. The summed E-state index contributed by atoms with van der Waals surface area (Å²) >= 11 is 0. The third kappa shape index (κ3) is 2.79. The molecule has 1 saturated heterocycles. The zero-order valence-corrected chi connectivity index (χ0v) is 15.3. The van der Waals surface area contributed by atoms with Gasteiger partial charge in [-0.2, -0.15) is 0 Å². The number of anilines is 2. The zero-order valence-electron chi connectivity index (χ0n) is 15.3. The quantitative estimate of drug-likeness (QED) is 0.776. The number of rotatable bonds is 2. The van der Waals surface area contributed by atoms with Crippen LogP contribution >= 0.6 is 0 Å². The number of fused-ring (bicyclic) bond motifs is 1. The monoisotopic (exact) mass is 333 g/mol. The summed E-state index contributed by atoms with van der Waals surface area (Å²) in [7, 11) is 3.19. The molecule has 0 unspecified atom stereocenters. The summed E-state index contributed by atoms with van der Waals surface area (Å²) in [5.74, 6) is 1.24. The van der Waals surface area contributed by atoms with Gasteiger partial charge in [-0.05, 0) is 40.5 Å². The molecule has 0 saturated carbocycles. The molecule has 1 spiro atoms. The molecule has 0 aromatic heterocycles. The minimum Gasteiger partial charge on any atom is -0.493 e. The first-order valence-electron chi connectivity index (χ1n) is 8.25. The molecule has 2 heterocycles. The zero-order chi connectivity index (χ0) is 17.8. The average molecular weight is 333 g/mol. The lowest BCUT2D eigenvalue weighted by Gasteiger charge is -2.53. The summed E-state index contributed by atoms with van der Waals surface area (Å²) in [6, 6.07) is 3.68. The minimum absolute atomic E-state index is 0.00451. The van der Waals surface area contributed by atoms with Gasteiger partial charge in [0.05, 0.1) is 25.6 Å². The molecule has 0 bridgehead atoms. The highest BCUT2D eigenvalue weighted by Gasteiger charge is 2.53. The van der Waals surface area contributed by atoms with Crippen LogP contribution in [-0.2, 0) is 4.79 Å². The number of methoxy groups -OCH3 is 2. The Labute approximate surface area is 143 Å². The second-order valence-electron chi connectivity index (χ2n) is 8.16. The van der Waals surface area contributed by atoms with Crippen molar-refractivity contribution in [1.82, 2.24) is 5.32 Å². The molecule has 0 aliphatic carbocycles. The number of piperidine rings is 1. The van der Waals surface area contributed by atoms with Crippen molar-refractivity contribution in [2.75, 3.05) is 24.9 Å². The fraction of sp³-hybridized carbons (Fsp3) is 0.611. The van der Waals surface area contributed by atoms with E-state index < -0.39 is 5.54 Å². The lowest BCUT2D eigenvalue weighted by molar-refractivity contribution is -0.123. The maximum Gasteiger partial charge on any atom is 0.250 e. The van der Waals surface area contributed by atoms with Crippen LogP contribution in [-0.4, -0.2) is 36.7 Å². The van der Waals surface area contributed by atoms with E-state index in [-0.39, 0.29) is 17.0 Å². The van der Waals surface area contributed by atoms with Crippen LogP contribution in [0.1, 0.15) is 40.5 Å². The Bertz CT molecular complexity index is 666. The molecule has 0 atom stereocenters. The Morgan fingerprint density at radius 2 is 1.42 bits per heavy atom. The van der Waals surface area contributed by atoms with E-state index in [9.17, 15) is 4.79 Å². The number of carbonyl (C=O) groups is 1. The van der Waals surface area contributed by atoms with E-state index in [0.717, 1.165) is 11.4 Å². The van der Waals surface area contributed by atoms with Crippen molar-refractivity contribution in [2.45, 2.75) is 57.2 Å². The van der Waals surface area contributed by atoms with Crippen molar-refractivity contribution in [3.05, 3.63) is 12.1 Å². The Hall–Kier alpha value is -1.95. The predicted octanol–water partition coefficient (Wildman–Crippen LogP) is 2.75. The van der Waals surface area contributed by atoms with E-state index in [0.29, 0.717) is 24.3 Å². The maximum atomic E-state index is 13.0. The average Bonchev–Trinajstić information content (AvgIpc) is 2.44. The van der Waals surface area contributed by atoms with E-state index in [2.05, 4.69) is 43.6 Å². The molecule has 1 aromatic rings. The first-order valence-corrected chi connectivity index (χ1v) is 8.25. The van der Waals surface area contributed by atoms with Gasteiger partial charge in [0.15, 0.2) is 11.5 Å². The fourth-order valence-corrected chi connectivity index (χ4v) is 4.47. The van der Waals surface area contributed by atoms with E-state index in [4.69, 9.17) is 9.47 Å². The summed E-state index contributed by atoms with van der Waals surface area (Å²) in [5.41, 5.74) is 0.628. The van der Waals surface area contributed by atoms with Gasteiger partial charge in [-0.15, -0.1) is 0 Å². The van der Waals surface area contributed by atoms with Crippen LogP contribution in [0.25, 0.3) is 0 Å². The van der Waals surface area contributed by atoms with Gasteiger partial charge in [-0.1, -0.05) is 0 Å². The molecule has 3 N–H and O–H groups in total. The molecular formula is C18H27N3O3. The van der Waals surface area contributed by atoms with Crippen LogP contribution in [0.15, 0.2) is 12.1 Å². The molecule has 24 heavy (non-hydrogen) atoms. The topological polar surface area (TPSA) is 71.6 Å². The molecule has 2 aliphatic heterocycles. The minimum atomic E-state index is -0.648. The van der Waals surface area contributed by atoms with Crippen LogP contribution in [0.2, 0.25) is 0 Å². The molecule has 6 nitrogen and oxygen atoms in total. The second kappa shape index (κ2) is 5.28. The highest BCUT2D eigenvalue weighted by molar-refractivity contribution is 6.06. The molecular weight excluding hydrogens is 306 g/mol. The molecule has 1 fully saturated rings. The lowest BCUT2D eigenvalue weighted by atomic mass is 9.69. The number of carbonyl (C=O) groups excluding carboxylic acids is 1. The van der Waals surface area contributed by atoms with Crippen molar-refractivity contribution < 1.29 is 14.3 Å². The normalized spacial score (nSPS) is 23.0. The number of ether oxygens (including phenoxy) is 2. The number of nitrogens with one attached hydrogen (secondary N) is 3. The Morgan fingerprint density at radius 3 is 1.92 bits per heavy atom. The van der Waals surface area contributed by atoms with Crippen molar-refractivity contribution in [3.63, 3.8) is 0 Å². The standard InChI is InChI=1S/C18H27N3O3/c1-16(2)9-18(10-17(3,4)21-16)15(22)19-11-7-13(23-5)14(24-6)8-12(11)20-18/h7-8,20-21H,9-10H2,1-6H3,(H,19,22). The summed E-state index contributed by atoms with van der Waals surface area (Å²) in [6.45, 7) is 8.53. The van der Waals surface area contributed by atoms with E-state index in [1.54, 1.807) is 20.3 Å². The van der Waals surface area contributed by atoms with Crippen molar-refractivity contribution in [1.29, 1.82) is 0 Å². The van der Waals surface area contributed by atoms with E-state index in [1.165, 1.54) is 0 Å². The lowest BCUT2D eigenvalue weighted by Crippen LogP contribution is -2.69. The summed E-state index contributed by atoms with van der Waals surface area (Å²) in [4.78, 5) is 13.0. The van der Waals surface area contributed by atoms with E-state index in [1.807, 2.05) is 6.07 Å². The maximum absolute atomic E-state index is 13.0. The Balaban J connectivity index is 2.04. The van der Waals surface area contributed by atoms with Crippen molar-refractivity contribution in [3.8, 4) is 11.5 Å². The number of hydrogen-bond acceptors (Lipinski definition) is 5. The molecule has 1 aromatic carbocycles. The van der Waals surface area contributed by atoms with Crippen molar-refractivity contribution >= 4 is 17.3 Å². The number of hydrogen-bond donors (Lipinski definition) is 3. The molecule has 132 valence electrons. The van der Waals surface area contributed by atoms with Crippen LogP contribution in [0.5, 0.6) is 11.5 Å². The summed E-state index contributed by atoms with van der Waals surface area (Å²) in [5, 5.41) is 10.2. The van der Waals surface area contributed by atoms with Crippen LogP contribution in [0.3, 0.4) is 0 Å². The first-order chi connectivity index (χ1) is 11.1. The molecule has 2 aliphatic rings. The van der Waals surface area contributed by atoms with Crippen LogP contribution in [0.4, 0.5) is 11.4 Å². The van der Waals surface area contributed by atoms with Gasteiger partial charge in [0.1, 0.15) is 5.54 Å². The molecule has 1 amide bonds. The summed E-state index contributed by atoms with van der Waals surface area (Å²) in [6.07, 6.45) is 1.39. The second-order valence-corrected chi connectivity index (χ2v) is 8.16. The predicted molar refractivity (Wildman–Crippen MR) is 95.1 cm³/mol. The molecule has 0 radical (unpaired) electrons. The van der Waals surface area contributed by atoms with Crippen molar-refractivity contribution in [2.24, 2.45) is 0 Å². The van der Waals surface area contributed by atoms with Gasteiger partial charge < -0.3 is 25.4 Å². The van der Waals surface area contributed by atoms with Gasteiger partial charge >= 0.3 is 0 Å². The van der Waals surface area contributed by atoms with Gasteiger partial charge in [0, 0.05) is 23.2 Å². The van der Waals surface area contributed by atoms with Gasteiger partial charge in [0.2, 0.25) is 5.91 Å².